The Morgan fingerprint density at radius 2 is 1.02 bits per heavy atom. The van der Waals surface area contributed by atoms with Crippen LogP contribution in [0.15, 0.2) is 119 Å². The van der Waals surface area contributed by atoms with Crippen LogP contribution in [0.2, 0.25) is 0 Å². The van der Waals surface area contributed by atoms with Crippen LogP contribution in [-0.2, 0) is 72.3 Å². The smallest absolute Gasteiger partial charge is 0.430 e. The van der Waals surface area contributed by atoms with Gasteiger partial charge in [0.2, 0.25) is 0 Å². The number of hydrogen-bond acceptors (Lipinski definition) is 27. The molecule has 105 heavy (non-hydrogen) atoms. The minimum Gasteiger partial charge on any atom is -0.430 e. The molecule has 7 aliphatic heterocycles. The highest BCUT2D eigenvalue weighted by Crippen LogP contribution is 2.56. The molecule has 11 heterocycles. The number of benzene rings is 1. The molecule has 35 nitrogen and oxygen atoms in total. The summed E-state index contributed by atoms with van der Waals surface area (Å²) in [6, 6.07) is 9.04. The van der Waals surface area contributed by atoms with E-state index >= 15 is 0 Å². The molecular formula is C67H88N10O25P2S. The molecule has 5 N–H and O–H groups in total. The van der Waals surface area contributed by atoms with Crippen LogP contribution in [0.4, 0.5) is 9.59 Å². The maximum atomic E-state index is 13.5. The van der Waals surface area contributed by atoms with Crippen LogP contribution in [0, 0.1) is 27.7 Å². The Labute approximate surface area is 606 Å². The van der Waals surface area contributed by atoms with Crippen LogP contribution < -0.4 is 45.0 Å². The maximum Gasteiger partial charge on any atom is 0.508 e. The summed E-state index contributed by atoms with van der Waals surface area (Å²) in [5, 5.41) is 9.34. The average molecular weight is 1530 g/mol. The van der Waals surface area contributed by atoms with E-state index in [0.29, 0.717) is 54.1 Å². The summed E-state index contributed by atoms with van der Waals surface area (Å²) in [4.78, 5) is 145. The van der Waals surface area contributed by atoms with Gasteiger partial charge in [-0.15, -0.1) is 0 Å². The van der Waals surface area contributed by atoms with E-state index in [9.17, 15) is 57.8 Å². The number of nitrogens with one attached hydrogen (secondary N) is 4. The number of carbonyl (C=O) groups is 3. The zero-order chi connectivity index (χ0) is 75.4. The Bertz CT molecular complexity index is 4470. The lowest BCUT2D eigenvalue weighted by Gasteiger charge is -2.31. The number of likely N-dealkylation sites (tertiary alicyclic amines) is 1. The van der Waals surface area contributed by atoms with E-state index in [-0.39, 0.29) is 81.0 Å². The molecule has 16 atom stereocenters. The Morgan fingerprint density at radius 3 is 1.50 bits per heavy atom. The molecular weight excluding hydrogens is 1440 g/mol. The molecule has 38 heteroatoms. The third-order valence-electron chi connectivity index (χ3n) is 18.6. The summed E-state index contributed by atoms with van der Waals surface area (Å²) in [5.74, 6) is -0.155. The lowest BCUT2D eigenvalue weighted by Crippen LogP contribution is -2.38. The van der Waals surface area contributed by atoms with Crippen molar-refractivity contribution in [2.24, 2.45) is 0 Å². The summed E-state index contributed by atoms with van der Waals surface area (Å²) in [7, 11) is -1.03. The number of nitrogens with zero attached hydrogens (tertiary/aromatic N) is 6. The Morgan fingerprint density at radius 1 is 0.590 bits per heavy atom. The highest BCUT2D eigenvalue weighted by atomic mass is 32.5. The molecule has 0 aliphatic carbocycles. The van der Waals surface area contributed by atoms with Crippen molar-refractivity contribution in [2.45, 2.75) is 192 Å². The summed E-state index contributed by atoms with van der Waals surface area (Å²) < 4.78 is 83.4. The second kappa shape index (κ2) is 36.1. The van der Waals surface area contributed by atoms with Crippen LogP contribution in [-0.4, -0.2) is 185 Å². The molecule has 0 saturated carbocycles. The summed E-state index contributed by atoms with van der Waals surface area (Å²) in [5.41, 5.74) is -2.44. The van der Waals surface area contributed by atoms with E-state index in [1.807, 2.05) is 19.9 Å². The number of aromatic nitrogens is 8. The van der Waals surface area contributed by atoms with Gasteiger partial charge in [0, 0.05) is 97.4 Å². The molecule has 5 aromatic rings. The third kappa shape index (κ3) is 19.6. The van der Waals surface area contributed by atoms with Gasteiger partial charge in [0.15, 0.2) is 0 Å². The van der Waals surface area contributed by atoms with Crippen molar-refractivity contribution in [1.82, 2.24) is 47.8 Å². The fourth-order valence-electron chi connectivity index (χ4n) is 13.0. The number of aliphatic hydroxyl groups excluding tert-OH is 1. The minimum atomic E-state index is -3.80. The summed E-state index contributed by atoms with van der Waals surface area (Å²) in [6.45, 7) is 14.8. The van der Waals surface area contributed by atoms with Gasteiger partial charge in [0.05, 0.1) is 56.9 Å². The van der Waals surface area contributed by atoms with E-state index < -0.39 is 135 Å². The van der Waals surface area contributed by atoms with Crippen molar-refractivity contribution in [1.29, 1.82) is 0 Å². The molecule has 1 aromatic carbocycles. The molecule has 4 aromatic heterocycles. The van der Waals surface area contributed by atoms with E-state index in [4.69, 9.17) is 72.3 Å². The standard InChI is InChI=1S/C37H46N5O13PS.C16H24N3O5P.C14H18N2O7/c1-5-15-49-37(48)54-27-16-30(41-18-22(3)32(43)38-35(41)46)53-29(27)21-51-56(57,50-20-25-13-10-14-40(25)34(45)24-11-8-7-9-12-24)55-28-17-31(52-26(28)6-2)42-19-23(4)33(44)39-36(42)47;1-3-12-13(24-25-19-6-4-5-11(19)9-22-25)7-14(23-12)18-8-10(2)15(20)17-16(18)21;1-3-4-21-14(20)23-9-5-11(22-10(9)7-17)16-6-8(2)12(18)15-13(16)19/h5,7-9,11-12,18-19,25-31H,1,6,10,13-17,20-21H2,2-4H3,(H,38,43,46)(H,39,44,47);8,11-14H,3-7,9H2,1-2H3,(H,17,20,21);3,6,9-11,17H,1,4-5,7H2,2H3,(H,15,18,19)/t25-,26?,27+,28+,29?,30?,31?,56?;11-,12?,13+,14?,25?;9-,10?,11?/m001/s1. The number of aryl methyl sites for hydroxylation is 4. The maximum absolute atomic E-state index is 13.5. The molecule has 1 amide bonds. The largest absolute Gasteiger partial charge is 0.508 e. The van der Waals surface area contributed by atoms with E-state index in [0.717, 1.165) is 26.0 Å². The Balaban J connectivity index is 0.000000200. The number of fused-ring (bicyclic) bond motifs is 1. The monoisotopic (exact) mass is 1530 g/mol. The number of hydrogen-bond donors (Lipinski definition) is 5. The van der Waals surface area contributed by atoms with Crippen LogP contribution in [0.1, 0.15) is 136 Å². The first-order chi connectivity index (χ1) is 50.3. The molecule has 7 fully saturated rings. The first-order valence-electron chi connectivity index (χ1n) is 34.5. The predicted octanol–water partition coefficient (Wildman–Crippen LogP) is 4.83. The van der Waals surface area contributed by atoms with E-state index in [1.54, 1.807) is 56.1 Å². The van der Waals surface area contributed by atoms with Crippen molar-refractivity contribution in [3.8, 4) is 0 Å². The van der Waals surface area contributed by atoms with Gasteiger partial charge >= 0.3 is 41.8 Å². The lowest BCUT2D eigenvalue weighted by molar-refractivity contribution is -0.0584. The second-order valence-corrected chi connectivity index (χ2v) is 30.3. The quantitative estimate of drug-likeness (QED) is 0.0314. The number of carbonyl (C=O) groups excluding carboxylic acids is 3. The zero-order valence-corrected chi connectivity index (χ0v) is 61.4. The summed E-state index contributed by atoms with van der Waals surface area (Å²) >= 11 is 6.06. The molecule has 12 rings (SSSR count). The van der Waals surface area contributed by atoms with Gasteiger partial charge in [-0.3, -0.25) is 62.2 Å². The molecule has 7 saturated heterocycles. The van der Waals surface area contributed by atoms with Crippen molar-refractivity contribution in [3.63, 3.8) is 0 Å². The number of ether oxygens (including phenoxy) is 8. The number of rotatable bonds is 24. The van der Waals surface area contributed by atoms with Crippen LogP contribution in [0.5, 0.6) is 0 Å². The SMILES string of the molecule is C=CCOC(=O)O[C@@H]1CC(n2cc(C)c(=O)[nH]c2=O)OC1CO.C=CCOC(=O)O[C@@H]1CC(n2cc(C)c(=O)[nH]c2=O)OC1COP(=S)(OC[C@@H]1CCCN1C(=O)c1ccccc1)O[C@@H]1CC(n2cc(C)c(=O)[nH]c2=O)OC1CC.CCC1OC(n2cc(C)c(=O)[nH]c2=O)C[C@H]1OP1OC[C@@H]2CCCN21. The first kappa shape index (κ1) is 79.6. The first-order valence-corrected chi connectivity index (χ1v) is 38.2. The molecule has 572 valence electrons. The second-order valence-electron chi connectivity index (χ2n) is 25.9. The fourth-order valence-corrected chi connectivity index (χ4v) is 17.0. The van der Waals surface area contributed by atoms with Crippen molar-refractivity contribution in [2.75, 3.05) is 52.7 Å². The van der Waals surface area contributed by atoms with Crippen molar-refractivity contribution >= 4 is 45.3 Å². The highest BCUT2D eigenvalue weighted by Gasteiger charge is 2.48. The van der Waals surface area contributed by atoms with Gasteiger partial charge in [0.1, 0.15) is 62.5 Å². The number of amides is 1. The van der Waals surface area contributed by atoms with Gasteiger partial charge in [-0.05, 0) is 90.2 Å². The van der Waals surface area contributed by atoms with Crippen LogP contribution in [0.25, 0.3) is 0 Å². The molecule has 0 radical (unpaired) electrons. The van der Waals surface area contributed by atoms with Crippen LogP contribution >= 0.6 is 15.2 Å². The van der Waals surface area contributed by atoms with Gasteiger partial charge in [0.25, 0.3) is 36.7 Å². The topological polar surface area (TPSA) is 417 Å². The zero-order valence-electron chi connectivity index (χ0n) is 58.8. The Kier molecular flexibility index (Phi) is 27.4. The van der Waals surface area contributed by atoms with Gasteiger partial charge in [-0.2, -0.15) is 0 Å². The molecule has 0 spiro atoms. The van der Waals surface area contributed by atoms with Gasteiger partial charge in [-0.1, -0.05) is 57.4 Å². The van der Waals surface area contributed by atoms with Crippen molar-refractivity contribution < 1.29 is 80.0 Å². The number of aromatic amines is 4. The Hall–Kier alpha value is -7.93. The minimum absolute atomic E-state index is 0.00178. The fraction of sp³-hybridized carbons (Fsp3) is 0.567. The summed E-state index contributed by atoms with van der Waals surface area (Å²) in [6.07, 6.45) is 4.27. The van der Waals surface area contributed by atoms with E-state index in [2.05, 4.69) is 37.8 Å². The lowest BCUT2D eigenvalue weighted by atomic mass is 10.1. The molecule has 0 bridgehead atoms. The normalized spacial score (nSPS) is 27.5. The number of H-pyrrole nitrogens is 4. The average Bonchev–Trinajstić information content (AvgIpc) is 1.67. The predicted molar refractivity (Wildman–Crippen MR) is 378 cm³/mol. The van der Waals surface area contributed by atoms with Gasteiger partial charge < -0.3 is 70.5 Å². The number of aliphatic hydroxyl groups is 1. The van der Waals surface area contributed by atoms with Gasteiger partial charge in [-0.25, -0.2) is 33.4 Å². The third-order valence-corrected chi connectivity index (χ3v) is 22.7. The highest BCUT2D eigenvalue weighted by molar-refractivity contribution is 8.07. The van der Waals surface area contributed by atoms with E-state index in [1.165, 1.54) is 68.8 Å². The molecule has 10 unspecified atom stereocenters. The van der Waals surface area contributed by atoms with Crippen LogP contribution in [0.3, 0.4) is 0 Å². The molecule has 7 aliphatic rings. The van der Waals surface area contributed by atoms with Crippen molar-refractivity contribution in [3.05, 3.63) is 192 Å².